The molecular weight excluding hydrogens is 604 g/mol. The van der Waals surface area contributed by atoms with Gasteiger partial charge in [-0.3, -0.25) is 5.32 Å². The Morgan fingerprint density at radius 1 is 0.643 bits per heavy atom. The van der Waals surface area contributed by atoms with Crippen LogP contribution >= 0.6 is 0 Å². The molecule has 0 bridgehead atoms. The molecule has 0 amide bonds. The smallest absolute Gasteiger partial charge is 0.252 e. The highest BCUT2D eigenvalue weighted by atomic mass is 19.3. The molecule has 0 aliphatic carbocycles. The van der Waals surface area contributed by atoms with Gasteiger partial charge >= 0.3 is 17.9 Å². The average molecular weight is 634 g/mol. The van der Waals surface area contributed by atoms with Crippen LogP contribution in [0.25, 0.3) is 11.1 Å². The van der Waals surface area contributed by atoms with Crippen LogP contribution < -0.4 is 5.32 Å². The number of rotatable bonds is 13. The van der Waals surface area contributed by atoms with Gasteiger partial charge in [-0.15, -0.1) is 0 Å². The predicted molar refractivity (Wildman–Crippen MR) is 127 cm³/mol. The molecule has 0 radical (unpaired) electrons. The van der Waals surface area contributed by atoms with Crippen LogP contribution in [0.5, 0.6) is 0 Å². The fourth-order valence-corrected chi connectivity index (χ4v) is 3.73. The summed E-state index contributed by atoms with van der Waals surface area (Å²) in [5.74, 6) is -28.0. The maximum atomic E-state index is 13.6. The van der Waals surface area contributed by atoms with E-state index >= 15 is 0 Å². The lowest BCUT2D eigenvalue weighted by Crippen LogP contribution is -2.61. The lowest BCUT2D eigenvalue weighted by atomic mass is 10.0. The van der Waals surface area contributed by atoms with Gasteiger partial charge in [-0.2, -0.15) is 26.3 Å². The van der Waals surface area contributed by atoms with Crippen molar-refractivity contribution in [3.63, 3.8) is 0 Å². The Labute approximate surface area is 233 Å². The van der Waals surface area contributed by atoms with E-state index in [1.165, 1.54) is 5.32 Å². The van der Waals surface area contributed by atoms with Crippen LogP contribution in [0.1, 0.15) is 65.7 Å². The van der Waals surface area contributed by atoms with Crippen molar-refractivity contribution in [1.29, 1.82) is 0 Å². The summed E-state index contributed by atoms with van der Waals surface area (Å²) < 4.78 is 186. The fraction of sp³-hybridized carbons (Fsp3) is 0.556. The molecule has 42 heavy (non-hydrogen) atoms. The zero-order valence-corrected chi connectivity index (χ0v) is 22.7. The highest BCUT2D eigenvalue weighted by Gasteiger charge is 2.70. The third-order valence-corrected chi connectivity index (χ3v) is 6.17. The number of halogens is 14. The van der Waals surface area contributed by atoms with Gasteiger partial charge in [0.1, 0.15) is 0 Å². The molecule has 2 rings (SSSR count). The van der Waals surface area contributed by atoms with E-state index in [4.69, 9.17) is 0 Å². The summed E-state index contributed by atoms with van der Waals surface area (Å²) in [5.41, 5.74) is -2.95. The van der Waals surface area contributed by atoms with Crippen molar-refractivity contribution in [3.8, 4) is 11.1 Å². The van der Waals surface area contributed by atoms with E-state index in [1.807, 2.05) is 13.8 Å². The van der Waals surface area contributed by atoms with Gasteiger partial charge < -0.3 is 0 Å². The monoisotopic (exact) mass is 633 g/mol. The first kappa shape index (κ1) is 37.4. The van der Waals surface area contributed by atoms with Gasteiger partial charge in [0, 0.05) is 18.5 Å². The van der Waals surface area contributed by atoms with Crippen LogP contribution in [0.4, 0.5) is 61.5 Å². The number of unbranched alkanes of at least 4 members (excludes halogenated alkanes) is 3. The molecule has 1 N–H and O–H groups in total. The summed E-state index contributed by atoms with van der Waals surface area (Å²) in [6.45, 7) is 4.84. The van der Waals surface area contributed by atoms with Crippen molar-refractivity contribution >= 4 is 0 Å². The lowest BCUT2D eigenvalue weighted by molar-refractivity contribution is -0.321. The van der Waals surface area contributed by atoms with Gasteiger partial charge in [-0.05, 0) is 30.9 Å². The third kappa shape index (κ3) is 8.50. The minimum Gasteiger partial charge on any atom is -0.252 e. The molecule has 0 fully saturated rings. The van der Waals surface area contributed by atoms with Gasteiger partial charge in [0.25, 0.3) is 0 Å². The van der Waals surface area contributed by atoms with E-state index in [0.717, 1.165) is 6.42 Å². The first-order valence-corrected chi connectivity index (χ1v) is 12.8. The van der Waals surface area contributed by atoms with E-state index in [1.54, 1.807) is 6.92 Å². The Morgan fingerprint density at radius 3 is 1.67 bits per heavy atom. The molecule has 1 unspecified atom stereocenters. The lowest BCUT2D eigenvalue weighted by Gasteiger charge is -2.33. The summed E-state index contributed by atoms with van der Waals surface area (Å²) in [4.78, 5) is 0. The van der Waals surface area contributed by atoms with Crippen molar-refractivity contribution < 1.29 is 61.5 Å². The van der Waals surface area contributed by atoms with Gasteiger partial charge in [0.15, 0.2) is 40.7 Å². The standard InChI is InChI=1S/C15H27F6N.C12H2F8/c1-4-6-7-8-10-13(16,17)14(18,19)15(20,21)22-11-12(3)9-5-2;13-4-2-1-3(6(14)7(4)15)5-8(16)10(18)12(20)11(19)9(5)17/h12,22H,4-11H2,1-3H3;1-2H. The highest BCUT2D eigenvalue weighted by Crippen LogP contribution is 2.47. The van der Waals surface area contributed by atoms with Crippen molar-refractivity contribution in [2.45, 2.75) is 83.6 Å². The summed E-state index contributed by atoms with van der Waals surface area (Å²) in [5, 5.41) is 1.33. The van der Waals surface area contributed by atoms with E-state index in [9.17, 15) is 61.5 Å². The first-order valence-electron chi connectivity index (χ1n) is 12.8. The number of nitrogens with one attached hydrogen (secondary N) is 1. The first-order chi connectivity index (χ1) is 19.3. The highest BCUT2D eigenvalue weighted by molar-refractivity contribution is 5.66. The summed E-state index contributed by atoms with van der Waals surface area (Å²) >= 11 is 0. The quantitative estimate of drug-likeness (QED) is 0.0761. The minimum absolute atomic E-state index is 0.196. The zero-order valence-electron chi connectivity index (χ0n) is 22.7. The number of benzene rings is 2. The molecule has 0 heterocycles. The van der Waals surface area contributed by atoms with Crippen LogP contribution in [-0.2, 0) is 0 Å². The molecule has 15 heteroatoms. The third-order valence-electron chi connectivity index (χ3n) is 6.17. The summed E-state index contributed by atoms with van der Waals surface area (Å²) in [6, 6.07) is -4.26. The fourth-order valence-electron chi connectivity index (χ4n) is 3.73. The molecule has 0 saturated carbocycles. The molecule has 0 spiro atoms. The molecular formula is C27H29F14N. The molecule has 0 saturated heterocycles. The number of hydrogen-bond donors (Lipinski definition) is 1. The Bertz CT molecular complexity index is 1150. The van der Waals surface area contributed by atoms with Crippen molar-refractivity contribution in [2.75, 3.05) is 6.54 Å². The normalized spacial score (nSPS) is 13.2. The van der Waals surface area contributed by atoms with Gasteiger partial charge in [0.05, 0.1) is 5.56 Å². The minimum atomic E-state index is -5.40. The Kier molecular flexibility index (Phi) is 13.6. The van der Waals surface area contributed by atoms with E-state index in [0.29, 0.717) is 37.8 Å². The average Bonchev–Trinajstić information content (AvgIpc) is 2.92. The molecule has 1 atom stereocenters. The van der Waals surface area contributed by atoms with E-state index < -0.39 is 88.5 Å². The Balaban J connectivity index is 0.000000421. The largest absolute Gasteiger partial charge is 0.386 e. The molecule has 0 aliphatic rings. The molecule has 240 valence electrons. The van der Waals surface area contributed by atoms with Crippen LogP contribution in [0.2, 0.25) is 0 Å². The van der Waals surface area contributed by atoms with E-state index in [2.05, 4.69) is 0 Å². The maximum Gasteiger partial charge on any atom is 0.386 e. The maximum absolute atomic E-state index is 13.6. The van der Waals surface area contributed by atoms with Crippen LogP contribution in [0, 0.1) is 52.5 Å². The molecule has 2 aromatic rings. The summed E-state index contributed by atoms with van der Waals surface area (Å²) in [6.07, 6.45) is 1.52. The summed E-state index contributed by atoms with van der Waals surface area (Å²) in [7, 11) is 0. The SMILES string of the molecule is CCCCCCC(F)(F)C(F)(F)C(F)(F)NCC(C)CCC.Fc1ccc(-c2c(F)c(F)c(F)c(F)c2F)c(F)c1F. The second-order valence-electron chi connectivity index (χ2n) is 9.61. The van der Waals surface area contributed by atoms with Crippen molar-refractivity contribution in [2.24, 2.45) is 5.92 Å². The van der Waals surface area contributed by atoms with Gasteiger partial charge in [-0.1, -0.05) is 46.5 Å². The molecule has 0 aliphatic heterocycles. The number of hydrogen-bond acceptors (Lipinski definition) is 1. The topological polar surface area (TPSA) is 12.0 Å². The second kappa shape index (κ2) is 15.2. The van der Waals surface area contributed by atoms with E-state index in [-0.39, 0.29) is 12.3 Å². The zero-order chi connectivity index (χ0) is 32.6. The Morgan fingerprint density at radius 2 is 1.17 bits per heavy atom. The Hall–Kier alpha value is -2.58. The molecule has 1 nitrogen and oxygen atoms in total. The van der Waals surface area contributed by atoms with Crippen LogP contribution in [0.15, 0.2) is 12.1 Å². The molecule has 0 aromatic heterocycles. The second-order valence-corrected chi connectivity index (χ2v) is 9.61. The van der Waals surface area contributed by atoms with Crippen LogP contribution in [-0.4, -0.2) is 24.4 Å². The van der Waals surface area contributed by atoms with Gasteiger partial charge in [0.2, 0.25) is 5.82 Å². The predicted octanol–water partition coefficient (Wildman–Crippen LogP) is 10.3. The molecule has 2 aromatic carbocycles. The van der Waals surface area contributed by atoms with Crippen LogP contribution in [0.3, 0.4) is 0 Å². The number of alkyl halides is 6. The van der Waals surface area contributed by atoms with Crippen molar-refractivity contribution in [3.05, 3.63) is 58.7 Å². The van der Waals surface area contributed by atoms with Crippen molar-refractivity contribution in [1.82, 2.24) is 5.32 Å². The van der Waals surface area contributed by atoms with Gasteiger partial charge in [-0.25, -0.2) is 35.1 Å².